The second-order valence-corrected chi connectivity index (χ2v) is 4.16. The third-order valence-corrected chi connectivity index (χ3v) is 3.08. The number of hydrogen-bond donors (Lipinski definition) is 1. The monoisotopic (exact) mass is 327 g/mol. The van der Waals surface area contributed by atoms with Crippen molar-refractivity contribution in [1.82, 2.24) is 0 Å². The summed E-state index contributed by atoms with van der Waals surface area (Å²) in [4.78, 5) is 11.3. The van der Waals surface area contributed by atoms with Crippen LogP contribution in [0, 0.1) is 0 Å². The lowest BCUT2D eigenvalue weighted by atomic mass is 10.1. The number of esters is 1. The fraction of sp³-hybridized carbons (Fsp3) is 0.300. The van der Waals surface area contributed by atoms with Crippen LogP contribution in [0.5, 0.6) is 0 Å². The molecule has 0 bridgehead atoms. The van der Waals surface area contributed by atoms with E-state index in [1.807, 2.05) is 0 Å². The van der Waals surface area contributed by atoms with Crippen molar-refractivity contribution in [3.05, 3.63) is 33.3 Å². The molecule has 1 unspecified atom stereocenters. The van der Waals surface area contributed by atoms with Crippen LogP contribution in [-0.4, -0.2) is 12.6 Å². The second-order valence-electron chi connectivity index (χ2n) is 2.90. The number of rotatable bonds is 3. The maximum atomic E-state index is 11.3. The van der Waals surface area contributed by atoms with E-state index in [1.165, 1.54) is 0 Å². The van der Waals surface area contributed by atoms with Crippen LogP contribution in [0.3, 0.4) is 0 Å². The van der Waals surface area contributed by atoms with E-state index in [4.69, 9.17) is 22.1 Å². The van der Waals surface area contributed by atoms with Gasteiger partial charge in [0.05, 0.1) is 11.6 Å². The van der Waals surface area contributed by atoms with Crippen molar-refractivity contribution in [3.8, 4) is 0 Å². The Morgan fingerprint density at radius 2 is 2.25 bits per heavy atom. The van der Waals surface area contributed by atoms with Crippen LogP contribution in [0.15, 0.2) is 22.7 Å². The van der Waals surface area contributed by atoms with Gasteiger partial charge in [0.15, 0.2) is 0 Å². The fourth-order valence-corrected chi connectivity index (χ4v) is 1.51. The summed E-state index contributed by atoms with van der Waals surface area (Å²) in [7, 11) is 0. The number of carbonyl (C=O) groups is 1. The zero-order valence-corrected chi connectivity index (χ0v) is 11.7. The van der Waals surface area contributed by atoms with Gasteiger partial charge in [-0.2, -0.15) is 0 Å². The number of benzene rings is 1. The highest BCUT2D eigenvalue weighted by atomic mass is 79.9. The molecule has 1 atom stereocenters. The third-order valence-electron chi connectivity index (χ3n) is 1.84. The van der Waals surface area contributed by atoms with Gasteiger partial charge < -0.3 is 10.5 Å². The van der Waals surface area contributed by atoms with Gasteiger partial charge in [-0.05, 0) is 40.5 Å². The van der Waals surface area contributed by atoms with Crippen molar-refractivity contribution in [1.29, 1.82) is 0 Å². The van der Waals surface area contributed by atoms with Crippen molar-refractivity contribution < 1.29 is 9.53 Å². The van der Waals surface area contributed by atoms with Crippen LogP contribution in [0.25, 0.3) is 0 Å². The zero-order chi connectivity index (χ0) is 11.4. The van der Waals surface area contributed by atoms with Gasteiger partial charge in [-0.25, -0.2) is 4.79 Å². The van der Waals surface area contributed by atoms with Crippen molar-refractivity contribution in [2.24, 2.45) is 5.73 Å². The minimum absolute atomic E-state index is 0. The standard InChI is InChI=1S/C10H11BrClNO2.ClH/c1-2-15-10(14)9(13)6-3-4-7(11)8(12)5-6;/h3-5,9H,2,13H2,1H3;1H. The molecule has 2 N–H and O–H groups in total. The number of hydrogen-bond acceptors (Lipinski definition) is 3. The van der Waals surface area contributed by atoms with Crippen LogP contribution in [0.4, 0.5) is 0 Å². The van der Waals surface area contributed by atoms with Crippen molar-refractivity contribution in [2.75, 3.05) is 6.61 Å². The molecule has 16 heavy (non-hydrogen) atoms. The van der Waals surface area contributed by atoms with E-state index in [1.54, 1.807) is 25.1 Å². The first kappa shape index (κ1) is 15.7. The Labute approximate surface area is 114 Å². The van der Waals surface area contributed by atoms with Crippen molar-refractivity contribution in [2.45, 2.75) is 13.0 Å². The SMILES string of the molecule is CCOC(=O)C(N)c1ccc(Br)c(Cl)c1.Cl. The van der Waals surface area contributed by atoms with Gasteiger partial charge in [0.2, 0.25) is 0 Å². The first-order chi connectivity index (χ1) is 7.06. The molecule has 0 amide bonds. The minimum Gasteiger partial charge on any atom is -0.465 e. The number of carbonyl (C=O) groups excluding carboxylic acids is 1. The summed E-state index contributed by atoms with van der Waals surface area (Å²) in [6.45, 7) is 2.05. The Balaban J connectivity index is 0.00000225. The molecule has 0 aliphatic heterocycles. The smallest absolute Gasteiger partial charge is 0.327 e. The van der Waals surface area contributed by atoms with Gasteiger partial charge in [0, 0.05) is 4.47 Å². The van der Waals surface area contributed by atoms with Gasteiger partial charge >= 0.3 is 5.97 Å². The van der Waals surface area contributed by atoms with Crippen LogP contribution in [0.1, 0.15) is 18.5 Å². The normalized spacial score (nSPS) is 11.5. The van der Waals surface area contributed by atoms with Crippen LogP contribution >= 0.6 is 39.9 Å². The molecule has 0 aliphatic rings. The van der Waals surface area contributed by atoms with Gasteiger partial charge in [0.25, 0.3) is 0 Å². The third kappa shape index (κ3) is 3.94. The molecule has 3 nitrogen and oxygen atoms in total. The summed E-state index contributed by atoms with van der Waals surface area (Å²) < 4.78 is 5.58. The molecule has 1 aromatic rings. The Kier molecular flexibility index (Phi) is 6.99. The highest BCUT2D eigenvalue weighted by molar-refractivity contribution is 9.10. The molecule has 0 aliphatic carbocycles. The summed E-state index contributed by atoms with van der Waals surface area (Å²) in [6.07, 6.45) is 0. The summed E-state index contributed by atoms with van der Waals surface area (Å²) >= 11 is 9.14. The van der Waals surface area contributed by atoms with Gasteiger partial charge in [-0.15, -0.1) is 12.4 Å². The molecule has 0 fully saturated rings. The first-order valence-corrected chi connectivity index (χ1v) is 5.60. The van der Waals surface area contributed by atoms with E-state index in [0.29, 0.717) is 17.2 Å². The molecule has 0 heterocycles. The van der Waals surface area contributed by atoms with E-state index in [-0.39, 0.29) is 12.4 Å². The quantitative estimate of drug-likeness (QED) is 0.867. The average molecular weight is 329 g/mol. The van der Waals surface area contributed by atoms with Gasteiger partial charge in [-0.1, -0.05) is 17.7 Å². The second kappa shape index (κ2) is 7.12. The number of nitrogens with two attached hydrogens (primary N) is 1. The van der Waals surface area contributed by atoms with E-state index < -0.39 is 12.0 Å². The average Bonchev–Trinajstić information content (AvgIpc) is 2.21. The highest BCUT2D eigenvalue weighted by Crippen LogP contribution is 2.25. The number of halogens is 3. The molecular weight excluding hydrogens is 317 g/mol. The molecule has 0 radical (unpaired) electrons. The Morgan fingerprint density at radius 1 is 1.62 bits per heavy atom. The lowest BCUT2D eigenvalue weighted by Gasteiger charge is -2.11. The first-order valence-electron chi connectivity index (χ1n) is 4.43. The van der Waals surface area contributed by atoms with E-state index in [2.05, 4.69) is 15.9 Å². The predicted molar refractivity (Wildman–Crippen MR) is 70.0 cm³/mol. The van der Waals surface area contributed by atoms with E-state index in [9.17, 15) is 4.79 Å². The highest BCUT2D eigenvalue weighted by Gasteiger charge is 2.17. The Bertz CT molecular complexity index is 374. The largest absolute Gasteiger partial charge is 0.465 e. The van der Waals surface area contributed by atoms with Crippen molar-refractivity contribution >= 4 is 45.9 Å². The molecule has 6 heteroatoms. The lowest BCUT2D eigenvalue weighted by Crippen LogP contribution is -2.23. The number of ether oxygens (including phenoxy) is 1. The van der Waals surface area contributed by atoms with E-state index in [0.717, 1.165) is 4.47 Å². The summed E-state index contributed by atoms with van der Waals surface area (Å²) in [5, 5.41) is 0.521. The van der Waals surface area contributed by atoms with Crippen LogP contribution < -0.4 is 5.73 Å². The predicted octanol–water partition coefficient (Wildman–Crippen LogP) is 3.09. The molecule has 1 rings (SSSR count). The lowest BCUT2D eigenvalue weighted by molar-refractivity contribution is -0.144. The van der Waals surface area contributed by atoms with E-state index >= 15 is 0 Å². The molecule has 0 saturated heterocycles. The zero-order valence-electron chi connectivity index (χ0n) is 8.57. The molecule has 0 spiro atoms. The molecule has 0 aromatic heterocycles. The van der Waals surface area contributed by atoms with Gasteiger partial charge in [-0.3, -0.25) is 0 Å². The van der Waals surface area contributed by atoms with Crippen LogP contribution in [-0.2, 0) is 9.53 Å². The van der Waals surface area contributed by atoms with Gasteiger partial charge in [0.1, 0.15) is 6.04 Å². The summed E-state index contributed by atoms with van der Waals surface area (Å²) in [5.41, 5.74) is 6.34. The Hall–Kier alpha value is -0.290. The summed E-state index contributed by atoms with van der Waals surface area (Å²) in [5.74, 6) is -0.448. The maximum absolute atomic E-state index is 11.3. The Morgan fingerprint density at radius 3 is 2.75 bits per heavy atom. The molecule has 90 valence electrons. The minimum atomic E-state index is -0.782. The van der Waals surface area contributed by atoms with Crippen molar-refractivity contribution in [3.63, 3.8) is 0 Å². The molecule has 0 saturated carbocycles. The summed E-state index contributed by atoms with van der Waals surface area (Å²) in [6, 6.07) is 4.34. The molecular formula is C10H12BrCl2NO2. The fourth-order valence-electron chi connectivity index (χ4n) is 1.07. The maximum Gasteiger partial charge on any atom is 0.327 e. The van der Waals surface area contributed by atoms with Crippen LogP contribution in [0.2, 0.25) is 5.02 Å². The topological polar surface area (TPSA) is 52.3 Å². The molecule has 1 aromatic carbocycles.